The summed E-state index contributed by atoms with van der Waals surface area (Å²) < 4.78 is 5.81. The van der Waals surface area contributed by atoms with Crippen LogP contribution >= 0.6 is 22.9 Å². The number of carbonyl (C=O) groups excluding carboxylic acids is 1. The summed E-state index contributed by atoms with van der Waals surface area (Å²) in [5, 5.41) is 1.24. The molecule has 2 aromatic heterocycles. The van der Waals surface area contributed by atoms with Crippen LogP contribution in [-0.2, 0) is 4.74 Å². The molecule has 0 N–H and O–H groups in total. The van der Waals surface area contributed by atoms with E-state index >= 15 is 0 Å². The summed E-state index contributed by atoms with van der Waals surface area (Å²) in [5.74, 6) is -0.349. The molecule has 0 saturated carbocycles. The van der Waals surface area contributed by atoms with Gasteiger partial charge in [0.1, 0.15) is 5.15 Å². The minimum atomic E-state index is -0.349. The van der Waals surface area contributed by atoms with Gasteiger partial charge in [0.15, 0.2) is 0 Å². The van der Waals surface area contributed by atoms with Crippen LogP contribution in [0.3, 0.4) is 0 Å². The van der Waals surface area contributed by atoms with Gasteiger partial charge in [0.05, 0.1) is 16.9 Å². The van der Waals surface area contributed by atoms with Crippen molar-refractivity contribution in [1.29, 1.82) is 0 Å². The SMILES string of the molecule is CCOC(=O)c1cnc(Cl)c2cc(C)sc12. The van der Waals surface area contributed by atoms with Crippen molar-refractivity contribution in [2.75, 3.05) is 6.61 Å². The number of halogens is 1. The highest BCUT2D eigenvalue weighted by Crippen LogP contribution is 2.32. The predicted octanol–water partition coefficient (Wildman–Crippen LogP) is 3.43. The van der Waals surface area contributed by atoms with E-state index in [-0.39, 0.29) is 5.97 Å². The van der Waals surface area contributed by atoms with Crippen LogP contribution in [0.4, 0.5) is 0 Å². The minimum absolute atomic E-state index is 0.349. The van der Waals surface area contributed by atoms with Crippen molar-refractivity contribution >= 4 is 39.0 Å². The van der Waals surface area contributed by atoms with E-state index in [1.165, 1.54) is 17.5 Å². The normalized spacial score (nSPS) is 10.7. The lowest BCUT2D eigenvalue weighted by molar-refractivity contribution is 0.0528. The largest absolute Gasteiger partial charge is 0.462 e. The predicted molar refractivity (Wildman–Crippen MR) is 65.3 cm³/mol. The topological polar surface area (TPSA) is 39.2 Å². The van der Waals surface area contributed by atoms with Crippen LogP contribution in [0.2, 0.25) is 5.15 Å². The number of rotatable bonds is 2. The Bertz CT molecular complexity index is 550. The van der Waals surface area contributed by atoms with Gasteiger partial charge in [-0.15, -0.1) is 11.3 Å². The van der Waals surface area contributed by atoms with Gasteiger partial charge in [-0.2, -0.15) is 0 Å². The molecule has 16 heavy (non-hydrogen) atoms. The van der Waals surface area contributed by atoms with Gasteiger partial charge in [0.2, 0.25) is 0 Å². The molecule has 0 aliphatic heterocycles. The lowest BCUT2D eigenvalue weighted by Crippen LogP contribution is -2.05. The number of esters is 1. The highest BCUT2D eigenvalue weighted by Gasteiger charge is 2.15. The van der Waals surface area contributed by atoms with Crippen LogP contribution in [0.1, 0.15) is 22.2 Å². The van der Waals surface area contributed by atoms with Crippen molar-refractivity contribution in [3.05, 3.63) is 27.9 Å². The maximum absolute atomic E-state index is 11.7. The number of carbonyl (C=O) groups is 1. The Hall–Kier alpha value is -1.13. The second-order valence-corrected chi connectivity index (χ2v) is 4.90. The fourth-order valence-corrected chi connectivity index (χ4v) is 2.74. The zero-order valence-electron chi connectivity index (χ0n) is 8.91. The Morgan fingerprint density at radius 2 is 2.38 bits per heavy atom. The summed E-state index contributed by atoms with van der Waals surface area (Å²) in [4.78, 5) is 16.8. The smallest absolute Gasteiger partial charge is 0.341 e. The first-order valence-corrected chi connectivity index (χ1v) is 6.04. The second-order valence-electron chi connectivity index (χ2n) is 3.28. The van der Waals surface area contributed by atoms with Gasteiger partial charge in [-0.25, -0.2) is 9.78 Å². The summed E-state index contributed by atoms with van der Waals surface area (Å²) >= 11 is 7.49. The third-order valence-electron chi connectivity index (χ3n) is 2.12. The zero-order chi connectivity index (χ0) is 11.7. The monoisotopic (exact) mass is 255 g/mol. The van der Waals surface area contributed by atoms with Crippen LogP contribution in [0, 0.1) is 6.92 Å². The molecule has 0 aliphatic carbocycles. The van der Waals surface area contributed by atoms with Gasteiger partial charge in [-0.05, 0) is 19.9 Å². The molecule has 0 amide bonds. The fourth-order valence-electron chi connectivity index (χ4n) is 1.47. The third kappa shape index (κ3) is 1.90. The molecule has 2 heterocycles. The quantitative estimate of drug-likeness (QED) is 0.610. The van der Waals surface area contributed by atoms with Crippen molar-refractivity contribution < 1.29 is 9.53 Å². The van der Waals surface area contributed by atoms with Gasteiger partial charge in [-0.3, -0.25) is 0 Å². The van der Waals surface area contributed by atoms with Gasteiger partial charge < -0.3 is 4.74 Å². The van der Waals surface area contributed by atoms with E-state index in [2.05, 4.69) is 4.98 Å². The third-order valence-corrected chi connectivity index (χ3v) is 3.51. The van der Waals surface area contributed by atoms with Crippen molar-refractivity contribution in [3.8, 4) is 0 Å². The maximum atomic E-state index is 11.7. The molecule has 0 aromatic carbocycles. The lowest BCUT2D eigenvalue weighted by Gasteiger charge is -2.02. The number of aromatic nitrogens is 1. The number of thiophene rings is 1. The summed E-state index contributed by atoms with van der Waals surface area (Å²) in [6.07, 6.45) is 1.47. The number of fused-ring (bicyclic) bond motifs is 1. The van der Waals surface area contributed by atoms with Gasteiger partial charge in [0.25, 0.3) is 0 Å². The molecule has 2 rings (SSSR count). The standard InChI is InChI=1S/C11H10ClNO2S/c1-3-15-11(14)8-5-13-10(12)7-4-6(2)16-9(7)8/h4-5H,3H2,1-2H3. The first kappa shape index (κ1) is 11.4. The average Bonchev–Trinajstić information content (AvgIpc) is 2.61. The molecular weight excluding hydrogens is 246 g/mol. The molecule has 84 valence electrons. The summed E-state index contributed by atoms with van der Waals surface area (Å²) in [7, 11) is 0. The van der Waals surface area contributed by atoms with Crippen molar-refractivity contribution in [3.63, 3.8) is 0 Å². The first-order valence-electron chi connectivity index (χ1n) is 4.85. The Labute approximate surface area is 102 Å². The Kier molecular flexibility index (Phi) is 3.12. The average molecular weight is 256 g/mol. The summed E-state index contributed by atoms with van der Waals surface area (Å²) in [6, 6.07) is 1.93. The Morgan fingerprint density at radius 3 is 3.06 bits per heavy atom. The van der Waals surface area contributed by atoms with Crippen LogP contribution in [0.15, 0.2) is 12.3 Å². The van der Waals surface area contributed by atoms with E-state index in [0.29, 0.717) is 17.3 Å². The molecule has 0 aliphatic rings. The number of ether oxygens (including phenoxy) is 1. The van der Waals surface area contributed by atoms with E-state index in [4.69, 9.17) is 16.3 Å². The van der Waals surface area contributed by atoms with E-state index < -0.39 is 0 Å². The van der Waals surface area contributed by atoms with Crippen LogP contribution < -0.4 is 0 Å². The fraction of sp³-hybridized carbons (Fsp3) is 0.273. The van der Waals surface area contributed by atoms with E-state index in [1.807, 2.05) is 13.0 Å². The van der Waals surface area contributed by atoms with Crippen LogP contribution in [-0.4, -0.2) is 17.6 Å². The van der Waals surface area contributed by atoms with Crippen LogP contribution in [0.25, 0.3) is 10.1 Å². The number of aryl methyl sites for hydroxylation is 1. The van der Waals surface area contributed by atoms with Crippen LogP contribution in [0.5, 0.6) is 0 Å². The van der Waals surface area contributed by atoms with Gasteiger partial charge >= 0.3 is 5.97 Å². The highest BCUT2D eigenvalue weighted by atomic mass is 35.5. The molecular formula is C11H10ClNO2S. The molecule has 5 heteroatoms. The Balaban J connectivity index is 2.62. The summed E-state index contributed by atoms with van der Waals surface area (Å²) in [6.45, 7) is 4.10. The van der Waals surface area contributed by atoms with E-state index in [9.17, 15) is 4.79 Å². The number of pyridine rings is 1. The molecule has 0 atom stereocenters. The molecule has 0 fully saturated rings. The van der Waals surface area contributed by atoms with Crippen molar-refractivity contribution in [1.82, 2.24) is 4.98 Å². The number of hydrogen-bond acceptors (Lipinski definition) is 4. The molecule has 0 saturated heterocycles. The van der Waals surface area contributed by atoms with Crippen molar-refractivity contribution in [2.45, 2.75) is 13.8 Å². The lowest BCUT2D eigenvalue weighted by atomic mass is 10.2. The van der Waals surface area contributed by atoms with E-state index in [1.54, 1.807) is 6.92 Å². The molecule has 2 aromatic rings. The van der Waals surface area contributed by atoms with Gasteiger partial charge in [-0.1, -0.05) is 11.6 Å². The van der Waals surface area contributed by atoms with Crippen molar-refractivity contribution in [2.24, 2.45) is 0 Å². The first-order chi connectivity index (χ1) is 7.63. The second kappa shape index (κ2) is 4.39. The minimum Gasteiger partial charge on any atom is -0.462 e. The highest BCUT2D eigenvalue weighted by molar-refractivity contribution is 7.19. The Morgan fingerprint density at radius 1 is 1.62 bits per heavy atom. The molecule has 0 bridgehead atoms. The molecule has 0 radical (unpaired) electrons. The summed E-state index contributed by atoms with van der Waals surface area (Å²) in [5.41, 5.74) is 0.486. The maximum Gasteiger partial charge on any atom is 0.341 e. The van der Waals surface area contributed by atoms with E-state index in [0.717, 1.165) is 15.0 Å². The van der Waals surface area contributed by atoms with Gasteiger partial charge in [0, 0.05) is 16.5 Å². The number of hydrogen-bond donors (Lipinski definition) is 0. The molecule has 0 spiro atoms. The number of nitrogens with zero attached hydrogens (tertiary/aromatic N) is 1. The zero-order valence-corrected chi connectivity index (χ0v) is 10.5. The molecule has 0 unspecified atom stereocenters. The molecule has 3 nitrogen and oxygen atoms in total.